The number of hydrogen-bond acceptors (Lipinski definition) is 4. The number of rotatable bonds is 4. The van der Waals surface area contributed by atoms with Gasteiger partial charge in [-0.1, -0.05) is 23.2 Å². The number of aromatic nitrogens is 1. The van der Waals surface area contributed by atoms with Crippen LogP contribution >= 0.6 is 50.5 Å². The Morgan fingerprint density at radius 2 is 2.11 bits per heavy atom. The first-order chi connectivity index (χ1) is 8.60. The van der Waals surface area contributed by atoms with Crippen LogP contribution in [0.3, 0.4) is 0 Å². The van der Waals surface area contributed by atoms with Crippen LogP contribution in [0.5, 0.6) is 5.75 Å². The van der Waals surface area contributed by atoms with Gasteiger partial charge in [0, 0.05) is 22.5 Å². The lowest BCUT2D eigenvalue weighted by Gasteiger charge is -2.08. The zero-order valence-electron chi connectivity index (χ0n) is 9.12. The minimum atomic E-state index is 0.341. The molecule has 0 spiro atoms. The summed E-state index contributed by atoms with van der Waals surface area (Å²) in [5.41, 5.74) is 6.32. The van der Waals surface area contributed by atoms with E-state index in [1.165, 1.54) is 11.3 Å². The third-order valence-electron chi connectivity index (χ3n) is 2.12. The average Bonchev–Trinajstić information content (AvgIpc) is 2.80. The first-order valence-electron chi connectivity index (χ1n) is 5.01. The van der Waals surface area contributed by atoms with Crippen molar-refractivity contribution < 1.29 is 4.74 Å². The average molecular weight is 368 g/mol. The Bertz CT molecular complexity index is 562. The van der Waals surface area contributed by atoms with Crippen molar-refractivity contribution in [1.29, 1.82) is 0 Å². The van der Waals surface area contributed by atoms with E-state index in [9.17, 15) is 0 Å². The van der Waals surface area contributed by atoms with Gasteiger partial charge >= 0.3 is 0 Å². The summed E-state index contributed by atoms with van der Waals surface area (Å²) >= 11 is 16.8. The molecule has 0 aliphatic rings. The second-order valence-electron chi connectivity index (χ2n) is 3.42. The standard InChI is InChI=1S/C11H9BrCl2N2OS/c12-7-1-9(14)10(2-8(7)13)17-4-6-5-18-11(3-15)16-6/h1-2,5H,3-4,15H2. The van der Waals surface area contributed by atoms with Crippen molar-refractivity contribution in [2.75, 3.05) is 0 Å². The van der Waals surface area contributed by atoms with Gasteiger partial charge in [-0.05, 0) is 22.0 Å². The number of benzene rings is 1. The topological polar surface area (TPSA) is 48.1 Å². The van der Waals surface area contributed by atoms with Gasteiger partial charge in [-0.3, -0.25) is 0 Å². The smallest absolute Gasteiger partial charge is 0.140 e. The first kappa shape index (κ1) is 14.1. The van der Waals surface area contributed by atoms with Crippen LogP contribution in [0.4, 0.5) is 0 Å². The Labute approximate surface area is 127 Å². The molecule has 0 unspecified atom stereocenters. The molecule has 0 fully saturated rings. The van der Waals surface area contributed by atoms with Gasteiger partial charge in [-0.25, -0.2) is 4.98 Å². The molecule has 2 aromatic rings. The SMILES string of the molecule is NCc1nc(COc2cc(Cl)c(Br)cc2Cl)cs1. The molecule has 1 aromatic carbocycles. The highest BCUT2D eigenvalue weighted by molar-refractivity contribution is 9.10. The summed E-state index contributed by atoms with van der Waals surface area (Å²) in [7, 11) is 0. The summed E-state index contributed by atoms with van der Waals surface area (Å²) in [6, 6.07) is 3.37. The Balaban J connectivity index is 2.08. The maximum Gasteiger partial charge on any atom is 0.140 e. The number of thiazole rings is 1. The van der Waals surface area contributed by atoms with Gasteiger partial charge in [0.25, 0.3) is 0 Å². The van der Waals surface area contributed by atoms with Crippen LogP contribution in [0.1, 0.15) is 10.7 Å². The fraction of sp³-hybridized carbons (Fsp3) is 0.182. The zero-order valence-corrected chi connectivity index (χ0v) is 13.0. The molecule has 0 aliphatic heterocycles. The summed E-state index contributed by atoms with van der Waals surface area (Å²) in [5, 5.41) is 3.85. The molecule has 0 radical (unpaired) electrons. The third-order valence-corrected chi connectivity index (χ3v) is 4.54. The molecule has 3 nitrogen and oxygen atoms in total. The molecule has 96 valence electrons. The molecule has 0 bridgehead atoms. The molecule has 2 N–H and O–H groups in total. The predicted molar refractivity (Wildman–Crippen MR) is 78.5 cm³/mol. The van der Waals surface area contributed by atoms with Crippen molar-refractivity contribution in [3.63, 3.8) is 0 Å². The number of hydrogen-bond donors (Lipinski definition) is 1. The van der Waals surface area contributed by atoms with Gasteiger partial charge in [0.05, 0.1) is 15.7 Å². The molecule has 0 saturated heterocycles. The Morgan fingerprint density at radius 3 is 2.78 bits per heavy atom. The van der Waals surface area contributed by atoms with E-state index in [4.69, 9.17) is 33.7 Å². The third kappa shape index (κ3) is 3.36. The number of halogens is 3. The molecular weight excluding hydrogens is 359 g/mol. The quantitative estimate of drug-likeness (QED) is 0.821. The van der Waals surface area contributed by atoms with Crippen molar-refractivity contribution in [3.05, 3.63) is 42.7 Å². The molecule has 18 heavy (non-hydrogen) atoms. The fourth-order valence-corrected chi connectivity index (χ4v) is 2.78. The number of ether oxygens (including phenoxy) is 1. The fourth-order valence-electron chi connectivity index (χ4n) is 1.28. The Kier molecular flexibility index (Phi) is 4.86. The van der Waals surface area contributed by atoms with E-state index < -0.39 is 0 Å². The van der Waals surface area contributed by atoms with Gasteiger partial charge in [0.1, 0.15) is 17.4 Å². The maximum atomic E-state index is 6.05. The van der Waals surface area contributed by atoms with Gasteiger partial charge in [0.2, 0.25) is 0 Å². The lowest BCUT2D eigenvalue weighted by molar-refractivity contribution is 0.302. The van der Waals surface area contributed by atoms with E-state index in [-0.39, 0.29) is 0 Å². The first-order valence-corrected chi connectivity index (χ1v) is 7.43. The van der Waals surface area contributed by atoms with Crippen LogP contribution in [-0.2, 0) is 13.2 Å². The number of nitrogens with two attached hydrogens (primary N) is 1. The summed E-state index contributed by atoms with van der Waals surface area (Å²) in [6.07, 6.45) is 0. The van der Waals surface area contributed by atoms with E-state index in [1.807, 2.05) is 5.38 Å². The molecule has 0 atom stereocenters. The van der Waals surface area contributed by atoms with E-state index >= 15 is 0 Å². The summed E-state index contributed by atoms with van der Waals surface area (Å²) in [5.74, 6) is 0.534. The van der Waals surface area contributed by atoms with Crippen LogP contribution < -0.4 is 10.5 Å². The van der Waals surface area contributed by atoms with E-state index in [0.29, 0.717) is 28.9 Å². The highest BCUT2D eigenvalue weighted by Crippen LogP contribution is 2.34. The molecule has 7 heteroatoms. The van der Waals surface area contributed by atoms with Crippen LogP contribution in [0.25, 0.3) is 0 Å². The van der Waals surface area contributed by atoms with E-state index in [0.717, 1.165) is 15.2 Å². The van der Waals surface area contributed by atoms with Crippen LogP contribution in [0.15, 0.2) is 22.0 Å². The molecule has 1 aromatic heterocycles. The highest BCUT2D eigenvalue weighted by atomic mass is 79.9. The van der Waals surface area contributed by atoms with Crippen LogP contribution in [0, 0.1) is 0 Å². The lowest BCUT2D eigenvalue weighted by Crippen LogP contribution is -1.99. The largest absolute Gasteiger partial charge is 0.486 e. The van der Waals surface area contributed by atoms with Gasteiger partial charge < -0.3 is 10.5 Å². The summed E-state index contributed by atoms with van der Waals surface area (Å²) in [4.78, 5) is 4.30. The monoisotopic (exact) mass is 366 g/mol. The molecular formula is C11H9BrCl2N2OS. The van der Waals surface area contributed by atoms with Crippen LogP contribution in [0.2, 0.25) is 10.0 Å². The minimum Gasteiger partial charge on any atom is -0.486 e. The van der Waals surface area contributed by atoms with Crippen molar-refractivity contribution in [1.82, 2.24) is 4.98 Å². The maximum absolute atomic E-state index is 6.05. The normalized spacial score (nSPS) is 10.7. The van der Waals surface area contributed by atoms with Crippen molar-refractivity contribution in [3.8, 4) is 5.75 Å². The molecule has 0 amide bonds. The summed E-state index contributed by atoms with van der Waals surface area (Å²) < 4.78 is 6.32. The Hall–Kier alpha value is -0.330. The van der Waals surface area contributed by atoms with Gasteiger partial charge in [0.15, 0.2) is 0 Å². The highest BCUT2D eigenvalue weighted by Gasteiger charge is 2.08. The molecule has 1 heterocycles. The van der Waals surface area contributed by atoms with Crippen molar-refractivity contribution >= 4 is 50.5 Å². The number of nitrogens with zero attached hydrogens (tertiary/aromatic N) is 1. The van der Waals surface area contributed by atoms with Crippen molar-refractivity contribution in [2.24, 2.45) is 5.73 Å². The second kappa shape index (κ2) is 6.21. The zero-order chi connectivity index (χ0) is 13.1. The second-order valence-corrected chi connectivity index (χ2v) is 6.03. The van der Waals surface area contributed by atoms with E-state index in [2.05, 4.69) is 20.9 Å². The van der Waals surface area contributed by atoms with Gasteiger partial charge in [-0.2, -0.15) is 0 Å². The van der Waals surface area contributed by atoms with Crippen molar-refractivity contribution in [2.45, 2.75) is 13.2 Å². The molecule has 0 aliphatic carbocycles. The van der Waals surface area contributed by atoms with Gasteiger partial charge in [-0.15, -0.1) is 11.3 Å². The molecule has 0 saturated carbocycles. The van der Waals surface area contributed by atoms with E-state index in [1.54, 1.807) is 12.1 Å². The van der Waals surface area contributed by atoms with Crippen LogP contribution in [-0.4, -0.2) is 4.98 Å². The Morgan fingerprint density at radius 1 is 1.33 bits per heavy atom. The predicted octanol–water partition coefficient (Wildman–Crippen LogP) is 4.25. The summed E-state index contributed by atoms with van der Waals surface area (Å²) in [6.45, 7) is 0.781. The molecule has 2 rings (SSSR count). The lowest BCUT2D eigenvalue weighted by atomic mass is 10.3. The minimum absolute atomic E-state index is 0.341.